The minimum absolute atomic E-state index is 0.240. The normalized spacial score (nSPS) is 10.9. The van der Waals surface area contributed by atoms with Gasteiger partial charge in [-0.3, -0.25) is 0 Å². The Kier molecular flexibility index (Phi) is 2.33. The molecule has 0 fully saturated rings. The van der Waals surface area contributed by atoms with Crippen molar-refractivity contribution in [1.82, 2.24) is 14.6 Å². The smallest absolute Gasteiger partial charge is 0.169 e. The minimum atomic E-state index is 0.240. The lowest BCUT2D eigenvalue weighted by Crippen LogP contribution is -1.91. The number of hydrogen-bond acceptors (Lipinski definition) is 3. The van der Waals surface area contributed by atoms with Gasteiger partial charge in [-0.15, -0.1) is 0 Å². The molecule has 5 heteroatoms. The lowest BCUT2D eigenvalue weighted by molar-refractivity contribution is 0.475. The van der Waals surface area contributed by atoms with E-state index in [4.69, 9.17) is 0 Å². The van der Waals surface area contributed by atoms with Crippen molar-refractivity contribution in [3.63, 3.8) is 0 Å². The fraction of sp³-hybridized carbons (Fsp3) is 0. The summed E-state index contributed by atoms with van der Waals surface area (Å²) in [5.74, 6) is 0.240. The van der Waals surface area contributed by atoms with Crippen LogP contribution in [0.3, 0.4) is 0 Å². The van der Waals surface area contributed by atoms with Crippen molar-refractivity contribution in [2.75, 3.05) is 0 Å². The zero-order valence-corrected chi connectivity index (χ0v) is 10.3. The van der Waals surface area contributed by atoms with Gasteiger partial charge in [0.05, 0.1) is 10.7 Å². The van der Waals surface area contributed by atoms with E-state index in [1.807, 2.05) is 12.3 Å². The Morgan fingerprint density at radius 1 is 1.18 bits per heavy atom. The summed E-state index contributed by atoms with van der Waals surface area (Å²) in [5.41, 5.74) is 2.59. The first-order valence-electron chi connectivity index (χ1n) is 5.02. The van der Waals surface area contributed by atoms with E-state index in [0.29, 0.717) is 0 Å². The molecule has 0 bridgehead atoms. The lowest BCUT2D eigenvalue weighted by atomic mass is 10.1. The van der Waals surface area contributed by atoms with E-state index < -0.39 is 0 Å². The summed E-state index contributed by atoms with van der Waals surface area (Å²) in [5, 5.41) is 13.6. The second-order valence-corrected chi connectivity index (χ2v) is 4.51. The Morgan fingerprint density at radius 3 is 2.88 bits per heavy atom. The van der Waals surface area contributed by atoms with Gasteiger partial charge >= 0.3 is 0 Å². The summed E-state index contributed by atoms with van der Waals surface area (Å²) in [4.78, 5) is 4.32. The topological polar surface area (TPSA) is 50.4 Å². The molecule has 0 saturated carbocycles. The van der Waals surface area contributed by atoms with Gasteiger partial charge < -0.3 is 5.11 Å². The number of hydrogen-bond donors (Lipinski definition) is 1. The van der Waals surface area contributed by atoms with E-state index in [1.165, 1.54) is 0 Å². The Labute approximate surface area is 106 Å². The van der Waals surface area contributed by atoms with Crippen LogP contribution in [0.25, 0.3) is 16.8 Å². The minimum Gasteiger partial charge on any atom is -0.508 e. The monoisotopic (exact) mass is 289 g/mol. The Morgan fingerprint density at radius 2 is 2.06 bits per heavy atom. The van der Waals surface area contributed by atoms with Gasteiger partial charge in [0.2, 0.25) is 0 Å². The fourth-order valence-electron chi connectivity index (χ4n) is 1.68. The Bertz CT molecular complexity index is 693. The van der Waals surface area contributed by atoms with E-state index in [0.717, 1.165) is 21.2 Å². The molecule has 3 rings (SSSR count). The van der Waals surface area contributed by atoms with E-state index >= 15 is 0 Å². The third-order valence-corrected chi connectivity index (χ3v) is 3.05. The first kappa shape index (κ1) is 10.3. The van der Waals surface area contributed by atoms with Crippen molar-refractivity contribution in [3.05, 3.63) is 47.3 Å². The van der Waals surface area contributed by atoms with E-state index in [2.05, 4.69) is 26.0 Å². The molecule has 1 N–H and O–H groups in total. The second kappa shape index (κ2) is 3.85. The predicted octanol–water partition coefficient (Wildman–Crippen LogP) is 2.86. The molecule has 0 aliphatic rings. The van der Waals surface area contributed by atoms with Gasteiger partial charge in [0, 0.05) is 18.0 Å². The molecule has 2 heterocycles. The molecular formula is C12H8BrN3O. The van der Waals surface area contributed by atoms with Crippen LogP contribution in [0.1, 0.15) is 0 Å². The van der Waals surface area contributed by atoms with Gasteiger partial charge in [-0.25, -0.2) is 9.50 Å². The van der Waals surface area contributed by atoms with Crippen LogP contribution in [0.15, 0.2) is 47.3 Å². The molecule has 0 saturated heterocycles. The molecule has 0 atom stereocenters. The van der Waals surface area contributed by atoms with Crippen molar-refractivity contribution in [3.8, 4) is 16.9 Å². The standard InChI is InChI=1S/C12H8BrN3O/c13-11-6-15-16-7-9(5-14-12(11)16)8-2-1-3-10(17)4-8/h1-7,17H. The number of phenolic OH excluding ortho intramolecular Hbond substituents is 1. The zero-order valence-electron chi connectivity index (χ0n) is 8.71. The molecule has 2 aromatic heterocycles. The molecule has 84 valence electrons. The molecular weight excluding hydrogens is 282 g/mol. The van der Waals surface area contributed by atoms with E-state index in [1.54, 1.807) is 35.1 Å². The van der Waals surface area contributed by atoms with E-state index in [9.17, 15) is 5.11 Å². The van der Waals surface area contributed by atoms with Crippen molar-refractivity contribution in [2.45, 2.75) is 0 Å². The third kappa shape index (κ3) is 1.78. The van der Waals surface area contributed by atoms with Gasteiger partial charge in [0.15, 0.2) is 5.65 Å². The zero-order chi connectivity index (χ0) is 11.8. The fourth-order valence-corrected chi connectivity index (χ4v) is 2.06. The second-order valence-electron chi connectivity index (χ2n) is 3.65. The summed E-state index contributed by atoms with van der Waals surface area (Å²) < 4.78 is 2.56. The van der Waals surface area contributed by atoms with Crippen LogP contribution >= 0.6 is 15.9 Å². The molecule has 0 aliphatic carbocycles. The largest absolute Gasteiger partial charge is 0.508 e. The molecule has 17 heavy (non-hydrogen) atoms. The average molecular weight is 290 g/mol. The first-order valence-corrected chi connectivity index (χ1v) is 5.81. The maximum atomic E-state index is 9.44. The number of aromatic hydroxyl groups is 1. The maximum absolute atomic E-state index is 9.44. The van der Waals surface area contributed by atoms with Gasteiger partial charge in [-0.05, 0) is 33.6 Å². The summed E-state index contributed by atoms with van der Waals surface area (Å²) in [6, 6.07) is 7.05. The average Bonchev–Trinajstić information content (AvgIpc) is 2.71. The van der Waals surface area contributed by atoms with Crippen LogP contribution in [0.2, 0.25) is 0 Å². The highest BCUT2D eigenvalue weighted by molar-refractivity contribution is 9.10. The van der Waals surface area contributed by atoms with Crippen LogP contribution in [0.5, 0.6) is 5.75 Å². The number of benzene rings is 1. The van der Waals surface area contributed by atoms with Crippen LogP contribution in [-0.4, -0.2) is 19.7 Å². The summed E-state index contributed by atoms with van der Waals surface area (Å²) in [7, 11) is 0. The molecule has 3 aromatic rings. The Balaban J connectivity index is 2.18. The van der Waals surface area contributed by atoms with Crippen molar-refractivity contribution >= 4 is 21.6 Å². The van der Waals surface area contributed by atoms with Crippen molar-refractivity contribution in [1.29, 1.82) is 0 Å². The van der Waals surface area contributed by atoms with E-state index in [-0.39, 0.29) is 5.75 Å². The third-order valence-electron chi connectivity index (χ3n) is 2.49. The lowest BCUT2D eigenvalue weighted by Gasteiger charge is -2.02. The quantitative estimate of drug-likeness (QED) is 0.749. The molecule has 0 aliphatic heterocycles. The Hall–Kier alpha value is -1.88. The first-order chi connectivity index (χ1) is 8.24. The molecule has 0 spiro atoms. The van der Waals surface area contributed by atoms with Crippen molar-refractivity contribution < 1.29 is 5.11 Å². The van der Waals surface area contributed by atoms with Gasteiger partial charge in [0.25, 0.3) is 0 Å². The molecule has 0 unspecified atom stereocenters. The van der Waals surface area contributed by atoms with Crippen molar-refractivity contribution in [2.24, 2.45) is 0 Å². The highest BCUT2D eigenvalue weighted by atomic mass is 79.9. The van der Waals surface area contributed by atoms with Gasteiger partial charge in [0.1, 0.15) is 5.75 Å². The number of aromatic nitrogens is 3. The molecule has 4 nitrogen and oxygen atoms in total. The van der Waals surface area contributed by atoms with Gasteiger partial charge in [-0.1, -0.05) is 12.1 Å². The highest BCUT2D eigenvalue weighted by Gasteiger charge is 2.05. The molecule has 0 radical (unpaired) electrons. The summed E-state index contributed by atoms with van der Waals surface area (Å²) in [6.07, 6.45) is 5.34. The molecule has 1 aromatic carbocycles. The predicted molar refractivity (Wildman–Crippen MR) is 67.8 cm³/mol. The maximum Gasteiger partial charge on any atom is 0.169 e. The number of nitrogens with zero attached hydrogens (tertiary/aromatic N) is 3. The van der Waals surface area contributed by atoms with Crippen LogP contribution in [-0.2, 0) is 0 Å². The SMILES string of the molecule is Oc1cccc(-c2cnc3c(Br)cnn3c2)c1. The summed E-state index contributed by atoms with van der Waals surface area (Å²) in [6.45, 7) is 0. The number of halogens is 1. The van der Waals surface area contributed by atoms with Gasteiger partial charge in [-0.2, -0.15) is 5.10 Å². The van der Waals surface area contributed by atoms with Crippen LogP contribution < -0.4 is 0 Å². The summed E-state index contributed by atoms with van der Waals surface area (Å²) >= 11 is 3.37. The molecule has 0 amide bonds. The number of phenols is 1. The van der Waals surface area contributed by atoms with Crippen LogP contribution in [0, 0.1) is 0 Å². The van der Waals surface area contributed by atoms with Crippen LogP contribution in [0.4, 0.5) is 0 Å². The number of rotatable bonds is 1. The highest BCUT2D eigenvalue weighted by Crippen LogP contribution is 2.24. The number of fused-ring (bicyclic) bond motifs is 1.